The first kappa shape index (κ1) is 30.5. The van der Waals surface area contributed by atoms with Crippen LogP contribution >= 0.6 is 0 Å². The molecule has 46 heavy (non-hydrogen) atoms. The second-order valence-corrected chi connectivity index (χ2v) is 11.8. The third-order valence-corrected chi connectivity index (χ3v) is 8.16. The molecule has 0 amide bonds. The summed E-state index contributed by atoms with van der Waals surface area (Å²) in [5, 5.41) is 3.95. The number of benzene rings is 4. The van der Waals surface area contributed by atoms with Crippen molar-refractivity contribution < 1.29 is 39.7 Å². The van der Waals surface area contributed by atoms with Gasteiger partial charge >= 0.3 is 6.18 Å². The van der Waals surface area contributed by atoms with E-state index in [0.717, 1.165) is 11.6 Å². The topological polar surface area (TPSA) is 125 Å². The van der Waals surface area contributed by atoms with Crippen molar-refractivity contribution in [2.45, 2.75) is 24.6 Å². The van der Waals surface area contributed by atoms with Crippen molar-refractivity contribution in [3.05, 3.63) is 124 Å². The molecule has 0 saturated carbocycles. The molecule has 6 aromatic rings. The highest BCUT2D eigenvalue weighted by molar-refractivity contribution is 7.92. The van der Waals surface area contributed by atoms with Crippen molar-refractivity contribution in [2.24, 2.45) is 0 Å². The normalized spacial score (nSPS) is 11.9. The standard InChI is InChI=1S/C32H21F4N3O6S/c1-18-2-9-25(10-3-18)46(41,42)39-23-6-4-19(5-7-23)28-16-27(40)26-11-8-24(15-29(26)44-28)43-17-30-37-31(45-38-30)20-12-21(32(34,35)36)14-22(33)13-20/h2-16,39H,17H2,1H3. The quantitative estimate of drug-likeness (QED) is 0.169. The molecule has 0 atom stereocenters. The number of nitrogens with one attached hydrogen (secondary N) is 1. The van der Waals surface area contributed by atoms with E-state index >= 15 is 0 Å². The molecule has 4 aromatic carbocycles. The number of fused-ring (bicyclic) bond motifs is 1. The number of halogens is 4. The molecule has 0 radical (unpaired) electrons. The Morgan fingerprint density at radius 2 is 1.63 bits per heavy atom. The summed E-state index contributed by atoms with van der Waals surface area (Å²) in [6.07, 6.45) is -4.76. The van der Waals surface area contributed by atoms with Crippen molar-refractivity contribution in [1.82, 2.24) is 10.1 Å². The average molecular weight is 652 g/mol. The number of anilines is 1. The number of aryl methyl sites for hydroxylation is 1. The Hall–Kier alpha value is -5.50. The monoisotopic (exact) mass is 651 g/mol. The number of nitrogens with zero attached hydrogens (tertiary/aromatic N) is 2. The summed E-state index contributed by atoms with van der Waals surface area (Å²) in [6, 6.07) is 20.4. The van der Waals surface area contributed by atoms with Gasteiger partial charge in [-0.2, -0.15) is 18.2 Å². The van der Waals surface area contributed by atoms with Gasteiger partial charge in [-0.3, -0.25) is 9.52 Å². The highest BCUT2D eigenvalue weighted by atomic mass is 32.2. The fraction of sp³-hybridized carbons (Fsp3) is 0.0938. The highest BCUT2D eigenvalue weighted by Crippen LogP contribution is 2.33. The molecule has 0 fully saturated rings. The Labute approximate surface area is 258 Å². The third-order valence-electron chi connectivity index (χ3n) is 6.76. The zero-order valence-electron chi connectivity index (χ0n) is 23.6. The lowest BCUT2D eigenvalue weighted by Gasteiger charge is -2.10. The van der Waals surface area contributed by atoms with Crippen LogP contribution in [0.5, 0.6) is 5.75 Å². The van der Waals surface area contributed by atoms with Crippen molar-refractivity contribution in [2.75, 3.05) is 4.72 Å². The highest BCUT2D eigenvalue weighted by Gasteiger charge is 2.32. The molecule has 2 heterocycles. The maximum atomic E-state index is 13.8. The van der Waals surface area contributed by atoms with Crippen LogP contribution in [0.4, 0.5) is 23.2 Å². The molecule has 234 valence electrons. The van der Waals surface area contributed by atoms with E-state index in [4.69, 9.17) is 13.7 Å². The Bertz CT molecular complexity index is 2230. The number of rotatable bonds is 8. The van der Waals surface area contributed by atoms with Gasteiger partial charge in [0.1, 0.15) is 22.9 Å². The molecule has 0 saturated heterocycles. The van der Waals surface area contributed by atoms with Gasteiger partial charge in [0.25, 0.3) is 15.9 Å². The number of hydrogen-bond donors (Lipinski definition) is 1. The second kappa shape index (κ2) is 11.8. The van der Waals surface area contributed by atoms with E-state index < -0.39 is 27.6 Å². The molecule has 0 unspecified atom stereocenters. The molecule has 0 aliphatic heterocycles. The van der Waals surface area contributed by atoms with Crippen molar-refractivity contribution in [3.8, 4) is 28.5 Å². The van der Waals surface area contributed by atoms with E-state index in [-0.39, 0.29) is 56.7 Å². The van der Waals surface area contributed by atoms with Crippen molar-refractivity contribution in [3.63, 3.8) is 0 Å². The Morgan fingerprint density at radius 1 is 0.891 bits per heavy atom. The molecular formula is C32H21F4N3O6S. The first-order valence-electron chi connectivity index (χ1n) is 13.5. The van der Waals surface area contributed by atoms with Crippen LogP contribution in [0.1, 0.15) is 17.0 Å². The van der Waals surface area contributed by atoms with Gasteiger partial charge in [-0.05, 0) is 73.7 Å². The van der Waals surface area contributed by atoms with Crippen LogP contribution < -0.4 is 14.9 Å². The van der Waals surface area contributed by atoms with Crippen LogP contribution in [0.2, 0.25) is 0 Å². The van der Waals surface area contributed by atoms with Gasteiger partial charge in [0, 0.05) is 28.9 Å². The summed E-state index contributed by atoms with van der Waals surface area (Å²) in [7, 11) is -3.80. The largest absolute Gasteiger partial charge is 0.485 e. The van der Waals surface area contributed by atoms with E-state index in [9.17, 15) is 30.8 Å². The van der Waals surface area contributed by atoms with E-state index in [0.29, 0.717) is 23.4 Å². The lowest BCUT2D eigenvalue weighted by atomic mass is 10.1. The number of aromatic nitrogens is 2. The summed E-state index contributed by atoms with van der Waals surface area (Å²) in [4.78, 5) is 16.9. The van der Waals surface area contributed by atoms with E-state index in [1.54, 1.807) is 24.3 Å². The fourth-order valence-electron chi connectivity index (χ4n) is 4.46. The maximum absolute atomic E-state index is 13.8. The van der Waals surface area contributed by atoms with Crippen LogP contribution in [0.3, 0.4) is 0 Å². The number of sulfonamides is 1. The Balaban J connectivity index is 1.18. The smallest absolute Gasteiger partial charge is 0.416 e. The number of hydrogen-bond acceptors (Lipinski definition) is 8. The zero-order chi connectivity index (χ0) is 32.6. The Kier molecular flexibility index (Phi) is 7.82. The SMILES string of the molecule is Cc1ccc(S(=O)(=O)Nc2ccc(-c3cc(=O)c4ccc(OCc5noc(-c6cc(F)cc(C(F)(F)F)c6)n5)cc4o3)cc2)cc1. The number of ether oxygens (including phenoxy) is 1. The van der Waals surface area contributed by atoms with Crippen LogP contribution in [-0.4, -0.2) is 18.6 Å². The van der Waals surface area contributed by atoms with Crippen molar-refractivity contribution >= 4 is 26.7 Å². The van der Waals surface area contributed by atoms with Crippen LogP contribution in [0.15, 0.2) is 110 Å². The maximum Gasteiger partial charge on any atom is 0.416 e. The molecule has 0 aliphatic carbocycles. The molecule has 2 aromatic heterocycles. The predicted octanol–water partition coefficient (Wildman–Crippen LogP) is 7.36. The minimum atomic E-state index is -4.76. The predicted molar refractivity (Wildman–Crippen MR) is 159 cm³/mol. The third kappa shape index (κ3) is 6.61. The van der Waals surface area contributed by atoms with Gasteiger partial charge in [0.05, 0.1) is 15.8 Å². The first-order valence-corrected chi connectivity index (χ1v) is 14.9. The molecule has 0 aliphatic rings. The summed E-state index contributed by atoms with van der Waals surface area (Å²) >= 11 is 0. The van der Waals surface area contributed by atoms with Gasteiger partial charge in [-0.1, -0.05) is 22.9 Å². The number of alkyl halides is 3. The molecule has 9 nitrogen and oxygen atoms in total. The molecule has 0 bridgehead atoms. The van der Waals surface area contributed by atoms with E-state index in [1.807, 2.05) is 6.92 Å². The molecule has 6 rings (SSSR count). The first-order chi connectivity index (χ1) is 21.8. The zero-order valence-corrected chi connectivity index (χ0v) is 24.4. The lowest BCUT2D eigenvalue weighted by Crippen LogP contribution is -2.12. The molecule has 14 heteroatoms. The molecule has 1 N–H and O–H groups in total. The van der Waals surface area contributed by atoms with Crippen LogP contribution in [0, 0.1) is 12.7 Å². The summed E-state index contributed by atoms with van der Waals surface area (Å²) in [6.45, 7) is 1.59. The van der Waals surface area contributed by atoms with E-state index in [1.165, 1.54) is 48.5 Å². The van der Waals surface area contributed by atoms with E-state index in [2.05, 4.69) is 14.9 Å². The van der Waals surface area contributed by atoms with Gasteiger partial charge in [0.2, 0.25) is 5.82 Å². The second-order valence-electron chi connectivity index (χ2n) is 10.2. The van der Waals surface area contributed by atoms with Gasteiger partial charge in [-0.15, -0.1) is 0 Å². The van der Waals surface area contributed by atoms with Crippen LogP contribution in [0.25, 0.3) is 33.7 Å². The van der Waals surface area contributed by atoms with Gasteiger partial charge in [-0.25, -0.2) is 12.8 Å². The van der Waals surface area contributed by atoms with Gasteiger partial charge < -0.3 is 13.7 Å². The van der Waals surface area contributed by atoms with Crippen molar-refractivity contribution in [1.29, 1.82) is 0 Å². The lowest BCUT2D eigenvalue weighted by molar-refractivity contribution is -0.137. The summed E-state index contributed by atoms with van der Waals surface area (Å²) in [5.74, 6) is -0.992. The summed E-state index contributed by atoms with van der Waals surface area (Å²) in [5.41, 5.74) is 0.160. The fourth-order valence-corrected chi connectivity index (χ4v) is 5.51. The van der Waals surface area contributed by atoms with Gasteiger partial charge in [0.15, 0.2) is 12.0 Å². The van der Waals surface area contributed by atoms with Crippen LogP contribution in [-0.2, 0) is 22.8 Å². The Morgan fingerprint density at radius 3 is 2.35 bits per heavy atom. The molecule has 0 spiro atoms. The minimum Gasteiger partial charge on any atom is -0.485 e. The average Bonchev–Trinajstić information content (AvgIpc) is 3.49. The minimum absolute atomic E-state index is 0.0267. The summed E-state index contributed by atoms with van der Waals surface area (Å²) < 4.78 is 97.6. The molecular weight excluding hydrogens is 630 g/mol.